The number of allylic oxidation sites excluding steroid dienone is 1. The van der Waals surface area contributed by atoms with E-state index in [1.54, 1.807) is 6.21 Å². The molecule has 1 N–H and O–H groups in total. The van der Waals surface area contributed by atoms with Gasteiger partial charge in [-0.1, -0.05) is 17.3 Å². The molecule has 5 heteroatoms. The Morgan fingerprint density at radius 2 is 1.88 bits per heavy atom. The molecule has 0 unspecified atom stereocenters. The summed E-state index contributed by atoms with van der Waals surface area (Å²) in [6.45, 7) is 8.96. The summed E-state index contributed by atoms with van der Waals surface area (Å²) in [6.07, 6.45) is 7.67. The first-order chi connectivity index (χ1) is 11.7. The van der Waals surface area contributed by atoms with E-state index in [9.17, 15) is 0 Å². The molecule has 0 fully saturated rings. The van der Waals surface area contributed by atoms with Gasteiger partial charge in [-0.25, -0.2) is 0 Å². The minimum absolute atomic E-state index is 0.494. The van der Waals surface area contributed by atoms with Crippen molar-refractivity contribution in [2.75, 3.05) is 38.8 Å². The Labute approximate surface area is 145 Å². The second-order valence-electron chi connectivity index (χ2n) is 5.49. The van der Waals surface area contributed by atoms with Crippen molar-refractivity contribution >= 4 is 11.9 Å². The van der Waals surface area contributed by atoms with Crippen LogP contribution in [0.2, 0.25) is 0 Å². The van der Waals surface area contributed by atoms with Gasteiger partial charge >= 0.3 is 0 Å². The van der Waals surface area contributed by atoms with Crippen molar-refractivity contribution in [2.24, 2.45) is 5.16 Å². The molecule has 0 aliphatic heterocycles. The molecule has 1 aromatic rings. The lowest BCUT2D eigenvalue weighted by molar-refractivity contribution is 0.163. The number of rotatable bonds is 12. The van der Waals surface area contributed by atoms with E-state index in [0.717, 1.165) is 31.7 Å². The van der Waals surface area contributed by atoms with Gasteiger partial charge in [-0.15, -0.1) is 0 Å². The van der Waals surface area contributed by atoms with Gasteiger partial charge in [0.2, 0.25) is 0 Å². The number of anilines is 1. The number of aryl methyl sites for hydroxylation is 2. The number of oxime groups is 1. The molecule has 0 heterocycles. The van der Waals surface area contributed by atoms with Crippen LogP contribution in [0.5, 0.6) is 5.75 Å². The largest absolute Gasteiger partial charge is 0.490 e. The van der Waals surface area contributed by atoms with Crippen molar-refractivity contribution in [1.29, 1.82) is 0 Å². The molecule has 0 aliphatic rings. The third kappa shape index (κ3) is 8.02. The molecule has 0 amide bonds. The Balaban J connectivity index is 2.31. The fraction of sp³-hybridized carbons (Fsp3) is 0.526. The maximum Gasteiger partial charge on any atom is 0.120 e. The van der Waals surface area contributed by atoms with E-state index in [1.807, 2.05) is 19.1 Å². The van der Waals surface area contributed by atoms with Gasteiger partial charge < -0.3 is 19.6 Å². The van der Waals surface area contributed by atoms with Gasteiger partial charge in [0.25, 0.3) is 0 Å². The van der Waals surface area contributed by atoms with Gasteiger partial charge in [0.1, 0.15) is 19.5 Å². The first-order valence-corrected chi connectivity index (χ1v) is 8.40. The summed E-state index contributed by atoms with van der Waals surface area (Å²) in [4.78, 5) is 4.56. The fourth-order valence-corrected chi connectivity index (χ4v) is 2.31. The van der Waals surface area contributed by atoms with Gasteiger partial charge in [-0.05, 0) is 56.9 Å². The van der Waals surface area contributed by atoms with Crippen molar-refractivity contribution in [1.82, 2.24) is 0 Å². The molecule has 24 heavy (non-hydrogen) atoms. The topological polar surface area (TPSA) is 52.1 Å². The third-order valence-corrected chi connectivity index (χ3v) is 3.48. The molecule has 0 saturated carbocycles. The van der Waals surface area contributed by atoms with Crippen LogP contribution >= 0.6 is 0 Å². The quantitative estimate of drug-likeness (QED) is 0.271. The predicted molar refractivity (Wildman–Crippen MR) is 100 cm³/mol. The highest BCUT2D eigenvalue weighted by Gasteiger charge is 2.05. The second kappa shape index (κ2) is 12.4. The lowest BCUT2D eigenvalue weighted by Crippen LogP contribution is -2.07. The van der Waals surface area contributed by atoms with Crippen molar-refractivity contribution in [3.05, 3.63) is 35.4 Å². The zero-order valence-electron chi connectivity index (χ0n) is 15.3. The molecule has 0 bridgehead atoms. The molecule has 5 nitrogen and oxygen atoms in total. The smallest absolute Gasteiger partial charge is 0.120 e. The van der Waals surface area contributed by atoms with Gasteiger partial charge in [-0.3, -0.25) is 0 Å². The first kappa shape index (κ1) is 20.0. The van der Waals surface area contributed by atoms with Crippen LogP contribution in [0.15, 0.2) is 29.4 Å². The lowest BCUT2D eigenvalue weighted by Gasteiger charge is -2.15. The van der Waals surface area contributed by atoms with Crippen LogP contribution < -0.4 is 10.1 Å². The van der Waals surface area contributed by atoms with Gasteiger partial charge in [-0.2, -0.15) is 0 Å². The first-order valence-electron chi connectivity index (χ1n) is 8.40. The monoisotopic (exact) mass is 334 g/mol. The average Bonchev–Trinajstić information content (AvgIpc) is 2.55. The summed E-state index contributed by atoms with van der Waals surface area (Å²) in [5.41, 5.74) is 3.61. The Bertz CT molecular complexity index is 504. The van der Waals surface area contributed by atoms with Gasteiger partial charge in [0, 0.05) is 18.8 Å². The molecule has 1 aromatic carbocycles. The molecule has 1 rings (SSSR count). The molecule has 0 aliphatic carbocycles. The minimum atomic E-state index is 0.494. The Hall–Kier alpha value is -2.01. The Kier molecular flexibility index (Phi) is 10.4. The highest BCUT2D eigenvalue weighted by Crippen LogP contribution is 2.26. The molecule has 0 atom stereocenters. The van der Waals surface area contributed by atoms with Crippen LogP contribution in [-0.4, -0.2) is 39.7 Å². The molecular weight excluding hydrogens is 304 g/mol. The van der Waals surface area contributed by atoms with E-state index >= 15 is 0 Å². The third-order valence-electron chi connectivity index (χ3n) is 3.48. The summed E-state index contributed by atoms with van der Waals surface area (Å²) in [7, 11) is 1.52. The van der Waals surface area contributed by atoms with Crippen molar-refractivity contribution in [3.63, 3.8) is 0 Å². The number of benzene rings is 1. The molecule has 134 valence electrons. The number of ether oxygens (including phenoxy) is 2. The van der Waals surface area contributed by atoms with Crippen LogP contribution in [0.4, 0.5) is 5.69 Å². The maximum atomic E-state index is 5.71. The number of hydrogen-bond acceptors (Lipinski definition) is 5. The number of nitrogens with zero attached hydrogens (tertiary/aromatic N) is 1. The van der Waals surface area contributed by atoms with Gasteiger partial charge in [0.05, 0.1) is 12.8 Å². The van der Waals surface area contributed by atoms with Crippen molar-refractivity contribution in [3.8, 4) is 5.75 Å². The zero-order chi connectivity index (χ0) is 17.6. The summed E-state index contributed by atoms with van der Waals surface area (Å²) >= 11 is 0. The fourth-order valence-electron chi connectivity index (χ4n) is 2.31. The lowest BCUT2D eigenvalue weighted by atomic mass is 10.1. The van der Waals surface area contributed by atoms with Crippen molar-refractivity contribution < 1.29 is 14.3 Å². The highest BCUT2D eigenvalue weighted by atomic mass is 16.6. The molecule has 0 radical (unpaired) electrons. The highest BCUT2D eigenvalue weighted by molar-refractivity contribution is 5.59. The normalized spacial score (nSPS) is 11.3. The van der Waals surface area contributed by atoms with E-state index < -0.39 is 0 Å². The van der Waals surface area contributed by atoms with E-state index in [2.05, 4.69) is 41.3 Å². The van der Waals surface area contributed by atoms with Crippen LogP contribution in [-0.2, 0) is 9.57 Å². The number of unbranched alkanes of at least 4 members (excludes halogenated alkanes) is 1. The Morgan fingerprint density at radius 3 is 2.54 bits per heavy atom. The molecule has 0 spiro atoms. The van der Waals surface area contributed by atoms with Crippen LogP contribution in [0.3, 0.4) is 0 Å². The van der Waals surface area contributed by atoms with Crippen LogP contribution in [0.1, 0.15) is 30.9 Å². The molecular formula is C19H30N2O3. The van der Waals surface area contributed by atoms with E-state index in [-0.39, 0.29) is 0 Å². The summed E-state index contributed by atoms with van der Waals surface area (Å²) < 4.78 is 11.1. The van der Waals surface area contributed by atoms with E-state index in [4.69, 9.17) is 9.47 Å². The maximum absolute atomic E-state index is 5.71. The summed E-state index contributed by atoms with van der Waals surface area (Å²) in [5, 5.41) is 7.13. The zero-order valence-corrected chi connectivity index (χ0v) is 15.3. The van der Waals surface area contributed by atoms with E-state index in [0.29, 0.717) is 13.2 Å². The number of hydrogen-bond donors (Lipinski definition) is 1. The summed E-state index contributed by atoms with van der Waals surface area (Å²) in [6, 6.07) is 4.16. The standard InChI is InChI=1S/C19H30N2O3/c1-5-6-12-24-18-14-16(2)19(17(3)15-18)20-9-7-8-11-23-13-10-21-22-4/h5-6,10,14-15,20H,7-9,11-13H2,1-4H3/b6-5+,21-10+. The Morgan fingerprint density at radius 1 is 1.12 bits per heavy atom. The summed E-state index contributed by atoms with van der Waals surface area (Å²) in [5.74, 6) is 0.916. The van der Waals surface area contributed by atoms with E-state index in [1.165, 1.54) is 23.9 Å². The SMILES string of the molecule is C/C=C/COc1cc(C)c(NCCCCOC/C=N/OC)c(C)c1. The molecule has 0 aromatic heterocycles. The van der Waals surface area contributed by atoms with Crippen LogP contribution in [0, 0.1) is 13.8 Å². The average molecular weight is 334 g/mol. The molecule has 0 saturated heterocycles. The number of nitrogens with one attached hydrogen (secondary N) is 1. The van der Waals surface area contributed by atoms with Crippen LogP contribution in [0.25, 0.3) is 0 Å². The minimum Gasteiger partial charge on any atom is -0.490 e. The predicted octanol–water partition coefficient (Wildman–Crippen LogP) is 4.10. The van der Waals surface area contributed by atoms with Crippen molar-refractivity contribution in [2.45, 2.75) is 33.6 Å². The van der Waals surface area contributed by atoms with Gasteiger partial charge in [0.15, 0.2) is 0 Å². The second-order valence-corrected chi connectivity index (χ2v) is 5.49.